The number of aromatic hydroxyl groups is 1. The van der Waals surface area contributed by atoms with Crippen LogP contribution in [0.2, 0.25) is 0 Å². The maximum absolute atomic E-state index is 13.0. The van der Waals surface area contributed by atoms with E-state index < -0.39 is 0 Å². The van der Waals surface area contributed by atoms with Crippen molar-refractivity contribution in [3.63, 3.8) is 0 Å². The maximum Gasteiger partial charge on any atom is 0.255 e. The van der Waals surface area contributed by atoms with Crippen LogP contribution in [0.5, 0.6) is 5.75 Å². The van der Waals surface area contributed by atoms with Gasteiger partial charge < -0.3 is 19.9 Å². The number of aromatic nitrogens is 3. The van der Waals surface area contributed by atoms with Gasteiger partial charge in [0.25, 0.3) is 5.91 Å². The first kappa shape index (κ1) is 20.2. The molecular formula is C25H25N5O2. The lowest BCUT2D eigenvalue weighted by atomic mass is 10.0. The molecule has 5 rings (SSSR count). The number of benzene rings is 1. The highest BCUT2D eigenvalue weighted by atomic mass is 16.3. The van der Waals surface area contributed by atoms with Crippen molar-refractivity contribution in [1.29, 1.82) is 0 Å². The number of phenolic OH excluding ortho intramolecular Hbond substituents is 1. The van der Waals surface area contributed by atoms with Gasteiger partial charge in [0.1, 0.15) is 11.4 Å². The molecule has 1 aliphatic heterocycles. The van der Waals surface area contributed by atoms with Crippen LogP contribution in [0.3, 0.4) is 0 Å². The van der Waals surface area contributed by atoms with Crippen LogP contribution in [0, 0.1) is 0 Å². The molecule has 1 aliphatic rings. The van der Waals surface area contributed by atoms with Gasteiger partial charge in [-0.1, -0.05) is 25.1 Å². The van der Waals surface area contributed by atoms with E-state index in [0.29, 0.717) is 5.56 Å². The van der Waals surface area contributed by atoms with Gasteiger partial charge in [0.2, 0.25) is 0 Å². The van der Waals surface area contributed by atoms with Crippen LogP contribution in [0.1, 0.15) is 17.3 Å². The van der Waals surface area contributed by atoms with Gasteiger partial charge in [-0.3, -0.25) is 9.78 Å². The number of fused-ring (bicyclic) bond motifs is 1. The standard InChI is InChI=1S/C25H25N5O2/c1-2-29-7-9-30(10-8-29)25(32)19-11-17(13-26-14-19)18-12-21-22(16-28-24(21)27-15-18)20-5-3-4-6-23(20)31/h3-6,11-16,31H,2,7-10H2,1H3,(H,27,28). The summed E-state index contributed by atoms with van der Waals surface area (Å²) in [6, 6.07) is 11.1. The number of likely N-dealkylation sites (N-methyl/N-ethyl adjacent to an activating group) is 1. The third-order valence-electron chi connectivity index (χ3n) is 6.15. The second-order valence-electron chi connectivity index (χ2n) is 8.03. The fourth-order valence-corrected chi connectivity index (χ4v) is 4.25. The Labute approximate surface area is 186 Å². The summed E-state index contributed by atoms with van der Waals surface area (Å²) in [6.07, 6.45) is 7.01. The maximum atomic E-state index is 13.0. The number of piperazine rings is 1. The Kier molecular flexibility index (Phi) is 5.33. The predicted molar refractivity (Wildman–Crippen MR) is 124 cm³/mol. The monoisotopic (exact) mass is 427 g/mol. The second kappa shape index (κ2) is 8.43. The number of pyridine rings is 2. The molecule has 4 aromatic rings. The van der Waals surface area contributed by atoms with Gasteiger partial charge in [-0.2, -0.15) is 0 Å². The van der Waals surface area contributed by atoms with Crippen molar-refractivity contribution in [3.8, 4) is 28.0 Å². The summed E-state index contributed by atoms with van der Waals surface area (Å²) in [6.45, 7) is 6.42. The van der Waals surface area contributed by atoms with Crippen LogP contribution < -0.4 is 0 Å². The Morgan fingerprint density at radius 2 is 1.81 bits per heavy atom. The van der Waals surface area contributed by atoms with Crippen molar-refractivity contribution < 1.29 is 9.90 Å². The molecule has 2 N–H and O–H groups in total. The minimum absolute atomic E-state index is 0.0145. The van der Waals surface area contributed by atoms with Crippen molar-refractivity contribution in [2.24, 2.45) is 0 Å². The zero-order valence-electron chi connectivity index (χ0n) is 18.0. The Morgan fingerprint density at radius 3 is 2.59 bits per heavy atom. The third kappa shape index (κ3) is 3.71. The molecule has 0 saturated carbocycles. The van der Waals surface area contributed by atoms with Gasteiger partial charge >= 0.3 is 0 Å². The number of rotatable bonds is 4. The molecule has 32 heavy (non-hydrogen) atoms. The molecule has 0 spiro atoms. The Bertz CT molecular complexity index is 1270. The van der Waals surface area contributed by atoms with E-state index in [0.717, 1.165) is 66.0 Å². The zero-order valence-corrected chi connectivity index (χ0v) is 18.0. The van der Waals surface area contributed by atoms with Crippen LogP contribution in [-0.2, 0) is 0 Å². The number of carbonyl (C=O) groups excluding carboxylic acids is 1. The van der Waals surface area contributed by atoms with Crippen LogP contribution in [-0.4, -0.2) is 68.5 Å². The fraction of sp³-hybridized carbons (Fsp3) is 0.240. The number of para-hydroxylation sites is 1. The smallest absolute Gasteiger partial charge is 0.255 e. The average molecular weight is 428 g/mol. The second-order valence-corrected chi connectivity index (χ2v) is 8.03. The summed E-state index contributed by atoms with van der Waals surface area (Å²) in [5, 5.41) is 11.2. The molecule has 1 fully saturated rings. The van der Waals surface area contributed by atoms with Gasteiger partial charge in [-0.25, -0.2) is 4.98 Å². The predicted octanol–water partition coefficient (Wildman–Crippen LogP) is 3.78. The summed E-state index contributed by atoms with van der Waals surface area (Å²) >= 11 is 0. The van der Waals surface area contributed by atoms with Crippen molar-refractivity contribution in [1.82, 2.24) is 24.8 Å². The van der Waals surface area contributed by atoms with E-state index in [9.17, 15) is 9.90 Å². The summed E-state index contributed by atoms with van der Waals surface area (Å²) < 4.78 is 0. The largest absolute Gasteiger partial charge is 0.507 e. The number of amides is 1. The molecule has 0 unspecified atom stereocenters. The fourth-order valence-electron chi connectivity index (χ4n) is 4.25. The lowest BCUT2D eigenvalue weighted by Gasteiger charge is -2.34. The number of carbonyl (C=O) groups is 1. The van der Waals surface area contributed by atoms with Gasteiger partial charge in [0.15, 0.2) is 0 Å². The normalized spacial score (nSPS) is 14.7. The van der Waals surface area contributed by atoms with E-state index in [1.54, 1.807) is 30.7 Å². The molecule has 0 radical (unpaired) electrons. The molecule has 0 bridgehead atoms. The molecule has 7 heteroatoms. The number of nitrogens with zero attached hydrogens (tertiary/aromatic N) is 4. The van der Waals surface area contributed by atoms with Crippen molar-refractivity contribution in [2.75, 3.05) is 32.7 Å². The Morgan fingerprint density at radius 1 is 1.03 bits per heavy atom. The number of phenols is 1. The molecule has 7 nitrogen and oxygen atoms in total. The third-order valence-corrected chi connectivity index (χ3v) is 6.15. The van der Waals surface area contributed by atoms with E-state index in [1.165, 1.54) is 0 Å². The highest BCUT2D eigenvalue weighted by Crippen LogP contribution is 2.35. The van der Waals surface area contributed by atoms with Crippen LogP contribution in [0.15, 0.2) is 61.2 Å². The number of hydrogen-bond acceptors (Lipinski definition) is 5. The van der Waals surface area contributed by atoms with Gasteiger partial charge in [-0.05, 0) is 24.7 Å². The minimum atomic E-state index is 0.0145. The molecule has 1 amide bonds. The first-order valence-corrected chi connectivity index (χ1v) is 10.9. The number of hydrogen-bond donors (Lipinski definition) is 2. The minimum Gasteiger partial charge on any atom is -0.507 e. The van der Waals surface area contributed by atoms with Gasteiger partial charge in [0.05, 0.1) is 5.56 Å². The average Bonchev–Trinajstić information content (AvgIpc) is 3.27. The van der Waals surface area contributed by atoms with Crippen LogP contribution in [0.4, 0.5) is 0 Å². The lowest BCUT2D eigenvalue weighted by Crippen LogP contribution is -2.48. The van der Waals surface area contributed by atoms with Crippen molar-refractivity contribution in [2.45, 2.75) is 6.92 Å². The first-order chi connectivity index (χ1) is 15.6. The SMILES string of the molecule is CCN1CCN(C(=O)c2cncc(-c3cnc4[nH]cc(-c5ccccc5O)c4c3)c2)CC1. The van der Waals surface area contributed by atoms with Gasteiger partial charge in [-0.15, -0.1) is 0 Å². The number of aromatic amines is 1. The highest BCUT2D eigenvalue weighted by Gasteiger charge is 2.22. The lowest BCUT2D eigenvalue weighted by molar-refractivity contribution is 0.0643. The van der Waals surface area contributed by atoms with E-state index in [-0.39, 0.29) is 11.7 Å². The molecular weight excluding hydrogens is 402 g/mol. The van der Waals surface area contributed by atoms with E-state index >= 15 is 0 Å². The molecule has 1 aromatic carbocycles. The summed E-state index contributed by atoms with van der Waals surface area (Å²) in [5.41, 5.74) is 4.64. The van der Waals surface area contributed by atoms with Crippen molar-refractivity contribution >= 4 is 16.9 Å². The zero-order chi connectivity index (χ0) is 22.1. The van der Waals surface area contributed by atoms with Gasteiger partial charge in [0, 0.05) is 78.6 Å². The molecule has 4 heterocycles. The topological polar surface area (TPSA) is 85.4 Å². The molecule has 1 saturated heterocycles. The Balaban J connectivity index is 1.47. The Hall–Kier alpha value is -3.71. The summed E-state index contributed by atoms with van der Waals surface area (Å²) in [4.78, 5) is 29.3. The van der Waals surface area contributed by atoms with Crippen molar-refractivity contribution in [3.05, 3.63) is 66.7 Å². The molecule has 0 aliphatic carbocycles. The number of H-pyrrole nitrogens is 1. The summed E-state index contributed by atoms with van der Waals surface area (Å²) in [7, 11) is 0. The molecule has 0 atom stereocenters. The molecule has 162 valence electrons. The van der Waals surface area contributed by atoms with E-state index in [2.05, 4.69) is 26.8 Å². The van der Waals surface area contributed by atoms with Crippen LogP contribution >= 0.6 is 0 Å². The van der Waals surface area contributed by atoms with E-state index in [1.807, 2.05) is 35.4 Å². The number of nitrogens with one attached hydrogen (secondary N) is 1. The first-order valence-electron chi connectivity index (χ1n) is 10.9. The van der Waals surface area contributed by atoms with Crippen LogP contribution in [0.25, 0.3) is 33.3 Å². The molecule has 3 aromatic heterocycles. The highest BCUT2D eigenvalue weighted by molar-refractivity contribution is 5.98. The van der Waals surface area contributed by atoms with E-state index in [4.69, 9.17) is 0 Å². The summed E-state index contributed by atoms with van der Waals surface area (Å²) in [5.74, 6) is 0.233. The quantitative estimate of drug-likeness (QED) is 0.518.